The van der Waals surface area contributed by atoms with Gasteiger partial charge in [0.1, 0.15) is 5.65 Å². The van der Waals surface area contributed by atoms with Crippen LogP contribution in [0.25, 0.3) is 5.65 Å². The predicted molar refractivity (Wildman–Crippen MR) is 69.9 cm³/mol. The zero-order chi connectivity index (χ0) is 13.1. The average molecular weight is 229 g/mol. The first-order valence-corrected chi connectivity index (χ1v) is 5.90. The number of nitriles is 1. The molecule has 0 N–H and O–H groups in total. The van der Waals surface area contributed by atoms with Crippen LogP contribution in [0.15, 0.2) is 24.5 Å². The number of hydrogen-bond donors (Lipinski definition) is 0. The molecule has 3 nitrogen and oxygen atoms in total. The summed E-state index contributed by atoms with van der Waals surface area (Å²) in [5.41, 5.74) is 2.55. The van der Waals surface area contributed by atoms with Crippen LogP contribution in [0, 0.1) is 18.3 Å². The van der Waals surface area contributed by atoms with Gasteiger partial charge in [0.15, 0.2) is 0 Å². The summed E-state index contributed by atoms with van der Waals surface area (Å²) < 4.78 is 2.01. The third-order valence-electron chi connectivity index (χ3n) is 2.70. The second kappa shape index (κ2) is 5.01. The van der Waals surface area contributed by atoms with Crippen LogP contribution >= 0.6 is 0 Å². The maximum Gasteiger partial charge on any atom is 0.137 e. The summed E-state index contributed by atoms with van der Waals surface area (Å²) in [5.74, 6) is 0. The predicted octanol–water partition coefficient (Wildman–Crippen LogP) is 3.47. The molecule has 0 aliphatic carbocycles. The van der Waals surface area contributed by atoms with Crippen LogP contribution < -0.4 is 0 Å². The van der Waals surface area contributed by atoms with Crippen molar-refractivity contribution >= 4 is 5.65 Å². The van der Waals surface area contributed by atoms with Gasteiger partial charge in [-0.05, 0) is 38.5 Å². The van der Waals surface area contributed by atoms with Crippen molar-refractivity contribution in [3.8, 4) is 6.07 Å². The molecule has 0 amide bonds. The lowest BCUT2D eigenvalue weighted by Gasteiger charge is -2.15. The summed E-state index contributed by atoms with van der Waals surface area (Å²) in [4.78, 5) is 4.28. The molecule has 0 saturated heterocycles. The minimum absolute atomic E-state index is 0.457. The first-order chi connectivity index (χ1) is 8.04. The van der Waals surface area contributed by atoms with Crippen molar-refractivity contribution < 1.29 is 0 Å². The molecule has 0 unspecified atom stereocenters. The van der Waals surface area contributed by atoms with E-state index in [1.54, 1.807) is 0 Å². The summed E-state index contributed by atoms with van der Waals surface area (Å²) in [6, 6.07) is 6.24. The fourth-order valence-electron chi connectivity index (χ4n) is 1.56. The van der Waals surface area contributed by atoms with Crippen molar-refractivity contribution in [1.29, 1.82) is 5.26 Å². The summed E-state index contributed by atoms with van der Waals surface area (Å²) in [5, 5.41) is 9.05. The molecular weight excluding hydrogens is 210 g/mol. The fourth-order valence-corrected chi connectivity index (χ4v) is 1.56. The Hall–Kier alpha value is -1.82. The van der Waals surface area contributed by atoms with Gasteiger partial charge in [0.25, 0.3) is 0 Å². The van der Waals surface area contributed by atoms with Crippen LogP contribution in [0.3, 0.4) is 0 Å². The molecule has 0 radical (unpaired) electrons. The van der Waals surface area contributed by atoms with Crippen LogP contribution in [0.2, 0.25) is 0 Å². The van der Waals surface area contributed by atoms with Gasteiger partial charge in [0.05, 0.1) is 11.5 Å². The summed E-state index contributed by atoms with van der Waals surface area (Å²) in [7, 11) is 0. The summed E-state index contributed by atoms with van der Waals surface area (Å²) >= 11 is 0. The van der Waals surface area contributed by atoms with Crippen LogP contribution in [-0.4, -0.2) is 9.38 Å². The topological polar surface area (TPSA) is 41.1 Å². The van der Waals surface area contributed by atoms with Gasteiger partial charge >= 0.3 is 0 Å². The highest BCUT2D eigenvalue weighted by Crippen LogP contribution is 2.23. The van der Waals surface area contributed by atoms with Gasteiger partial charge in [-0.3, -0.25) is 0 Å². The van der Waals surface area contributed by atoms with Gasteiger partial charge in [-0.15, -0.1) is 0 Å². The first kappa shape index (κ1) is 13.2. The molecule has 0 atom stereocenters. The Morgan fingerprint density at radius 1 is 1.35 bits per heavy atom. The van der Waals surface area contributed by atoms with E-state index in [0.29, 0.717) is 0 Å². The van der Waals surface area contributed by atoms with E-state index in [0.717, 1.165) is 16.9 Å². The SMILES string of the molecule is CC.Cc1cnc2cc(C(C)(C)C#N)ccn12. The van der Waals surface area contributed by atoms with Gasteiger partial charge in [0.2, 0.25) is 0 Å². The number of fused-ring (bicyclic) bond motifs is 1. The Kier molecular flexibility index (Phi) is 3.90. The number of imidazole rings is 1. The van der Waals surface area contributed by atoms with E-state index < -0.39 is 5.41 Å². The van der Waals surface area contributed by atoms with Crippen LogP contribution in [0.5, 0.6) is 0 Å². The number of aryl methyl sites for hydroxylation is 1. The molecule has 0 fully saturated rings. The quantitative estimate of drug-likeness (QED) is 0.751. The molecule has 2 heterocycles. The maximum absolute atomic E-state index is 9.05. The summed E-state index contributed by atoms with van der Waals surface area (Å²) in [6.07, 6.45) is 3.80. The van der Waals surface area contributed by atoms with Gasteiger partial charge in [-0.2, -0.15) is 5.26 Å². The minimum atomic E-state index is -0.457. The molecule has 0 aliphatic rings. The number of rotatable bonds is 1. The molecule has 0 saturated carbocycles. The van der Waals surface area contributed by atoms with Crippen LogP contribution in [0.4, 0.5) is 0 Å². The molecule has 90 valence electrons. The summed E-state index contributed by atoms with van der Waals surface area (Å²) in [6.45, 7) is 9.83. The number of hydrogen-bond acceptors (Lipinski definition) is 2. The number of pyridine rings is 1. The van der Waals surface area contributed by atoms with Crippen molar-refractivity contribution in [3.63, 3.8) is 0 Å². The van der Waals surface area contributed by atoms with Crippen LogP contribution in [0.1, 0.15) is 39.0 Å². The molecule has 0 bridgehead atoms. The van der Waals surface area contributed by atoms with E-state index in [-0.39, 0.29) is 0 Å². The fraction of sp³-hybridized carbons (Fsp3) is 0.429. The van der Waals surface area contributed by atoms with E-state index in [4.69, 9.17) is 5.26 Å². The number of aromatic nitrogens is 2. The van der Waals surface area contributed by atoms with Crippen molar-refractivity contribution in [2.75, 3.05) is 0 Å². The third-order valence-corrected chi connectivity index (χ3v) is 2.70. The highest BCUT2D eigenvalue weighted by Gasteiger charge is 2.20. The third kappa shape index (κ3) is 2.47. The van der Waals surface area contributed by atoms with E-state index in [2.05, 4.69) is 11.1 Å². The highest BCUT2D eigenvalue weighted by atomic mass is 15.0. The number of nitrogens with zero attached hydrogens (tertiary/aromatic N) is 3. The van der Waals surface area contributed by atoms with Crippen molar-refractivity contribution in [3.05, 3.63) is 35.8 Å². The molecule has 2 rings (SSSR count). The Balaban J connectivity index is 0.000000686. The van der Waals surface area contributed by atoms with Gasteiger partial charge < -0.3 is 4.40 Å². The second-order valence-corrected chi connectivity index (χ2v) is 4.28. The van der Waals surface area contributed by atoms with E-state index >= 15 is 0 Å². The lowest BCUT2D eigenvalue weighted by molar-refractivity contribution is 0.685. The van der Waals surface area contributed by atoms with Crippen LogP contribution in [-0.2, 0) is 5.41 Å². The Morgan fingerprint density at radius 3 is 2.59 bits per heavy atom. The molecule has 2 aromatic rings. The molecular formula is C14H19N3. The Morgan fingerprint density at radius 2 is 2.00 bits per heavy atom. The monoisotopic (exact) mass is 229 g/mol. The minimum Gasteiger partial charge on any atom is -0.304 e. The largest absolute Gasteiger partial charge is 0.304 e. The van der Waals surface area contributed by atoms with E-state index in [1.165, 1.54) is 0 Å². The standard InChI is InChI=1S/C12H13N3.C2H6/c1-9-7-14-11-6-10(4-5-15(9)11)12(2,3)8-13;1-2/h4-7H,1-3H3;1-2H3. The van der Waals surface area contributed by atoms with Crippen molar-refractivity contribution in [2.24, 2.45) is 0 Å². The normalized spacial score (nSPS) is 10.6. The first-order valence-electron chi connectivity index (χ1n) is 5.90. The van der Waals surface area contributed by atoms with E-state index in [9.17, 15) is 0 Å². The maximum atomic E-state index is 9.05. The lowest BCUT2D eigenvalue weighted by Crippen LogP contribution is -2.14. The average Bonchev–Trinajstić information content (AvgIpc) is 2.73. The van der Waals surface area contributed by atoms with Crippen molar-refractivity contribution in [1.82, 2.24) is 9.38 Å². The zero-order valence-electron chi connectivity index (χ0n) is 11.2. The Bertz CT molecular complexity index is 544. The Labute approximate surface area is 103 Å². The molecule has 2 aromatic heterocycles. The second-order valence-electron chi connectivity index (χ2n) is 4.28. The van der Waals surface area contributed by atoms with Gasteiger partial charge in [-0.25, -0.2) is 4.98 Å². The van der Waals surface area contributed by atoms with Crippen molar-refractivity contribution in [2.45, 2.75) is 40.0 Å². The zero-order valence-corrected chi connectivity index (χ0v) is 11.2. The smallest absolute Gasteiger partial charge is 0.137 e. The molecule has 0 aliphatic heterocycles. The molecule has 17 heavy (non-hydrogen) atoms. The lowest BCUT2D eigenvalue weighted by atomic mass is 9.87. The van der Waals surface area contributed by atoms with E-state index in [1.807, 2.05) is 63.5 Å². The van der Waals surface area contributed by atoms with Gasteiger partial charge in [0, 0.05) is 18.1 Å². The molecule has 0 aromatic carbocycles. The highest BCUT2D eigenvalue weighted by molar-refractivity contribution is 5.46. The molecule has 3 heteroatoms. The van der Waals surface area contributed by atoms with Gasteiger partial charge in [-0.1, -0.05) is 13.8 Å². The molecule has 0 spiro atoms.